The quantitative estimate of drug-likeness (QED) is 0.422. The summed E-state index contributed by atoms with van der Waals surface area (Å²) in [6, 6.07) is 0. The van der Waals surface area contributed by atoms with E-state index in [1.54, 1.807) is 0 Å². The Morgan fingerprint density at radius 1 is 0.625 bits per heavy atom. The molecule has 0 saturated carbocycles. The molecule has 0 spiro atoms. The van der Waals surface area contributed by atoms with Crippen LogP contribution in [0.2, 0.25) is 0 Å². The monoisotopic (exact) mass is 209 g/mol. The minimum absolute atomic E-state index is 0. The van der Waals surface area contributed by atoms with E-state index in [-0.39, 0.29) is 51.4 Å². The Kier molecular flexibility index (Phi) is 2.90. The summed E-state index contributed by atoms with van der Waals surface area (Å²) in [4.78, 5) is 0. The van der Waals surface area contributed by atoms with Gasteiger partial charge >= 0.3 is 86.2 Å². The molecule has 0 aromatic heterocycles. The van der Waals surface area contributed by atoms with E-state index in [0.29, 0.717) is 0 Å². The van der Waals surface area contributed by atoms with E-state index >= 15 is 0 Å². The van der Waals surface area contributed by atoms with E-state index in [2.05, 4.69) is 0 Å². The molecule has 0 aromatic rings. The Balaban J connectivity index is 0. The molecule has 0 aliphatic heterocycles. The molecule has 0 aromatic carbocycles. The third kappa shape index (κ3) is 116. The average molecular weight is 209 g/mol. The van der Waals surface area contributed by atoms with Gasteiger partial charge in [0.2, 0.25) is 0 Å². The number of hydrogen-bond acceptors (Lipinski definition) is 0. The van der Waals surface area contributed by atoms with Crippen molar-refractivity contribution in [1.29, 1.82) is 0 Å². The van der Waals surface area contributed by atoms with Gasteiger partial charge in [-0.2, -0.15) is 0 Å². The van der Waals surface area contributed by atoms with Gasteiger partial charge < -0.3 is 0 Å². The molecule has 0 unspecified atom stereocenters. The number of halogens is 6. The van der Waals surface area contributed by atoms with Crippen LogP contribution in [0.25, 0.3) is 0 Å². The normalized spacial score (nSPS) is 20.2. The predicted molar refractivity (Wildman–Crippen MR) is 13.8 cm³/mol. The summed E-state index contributed by atoms with van der Waals surface area (Å²) in [6.45, 7) is 0. The van der Waals surface area contributed by atoms with Crippen LogP contribution in [0.4, 0.5) is 21.3 Å². The fourth-order valence-electron chi connectivity index (χ4n) is 0. The first-order valence-electron chi connectivity index (χ1n) is 0.857. The van der Waals surface area contributed by atoms with Crippen molar-refractivity contribution < 1.29 is 34.8 Å². The average Bonchev–Trinajstić information content (AvgIpc) is 0.592. The molecule has 8 heavy (non-hydrogen) atoms. The van der Waals surface area contributed by atoms with Gasteiger partial charge in [0.25, 0.3) is 0 Å². The Bertz CT molecular complexity index is 67.1. The maximum atomic E-state index is 9.89. The molecule has 0 radical (unpaired) electrons. The van der Waals surface area contributed by atoms with Crippen LogP contribution >= 0.6 is 0 Å². The molecule has 0 bridgehead atoms. The topological polar surface area (TPSA) is 0 Å². The van der Waals surface area contributed by atoms with Gasteiger partial charge in [0, 0.05) is 0 Å². The molecular weight excluding hydrogens is 208 g/mol. The van der Waals surface area contributed by atoms with Gasteiger partial charge in [0.15, 0.2) is 0 Å². The molecule has 0 aliphatic rings. The molecular formula is HF6KMn. The summed E-state index contributed by atoms with van der Waals surface area (Å²) >= 11 is -10.9. The molecule has 0 saturated heterocycles. The van der Waals surface area contributed by atoms with Gasteiger partial charge in [-0.3, -0.25) is 0 Å². The molecule has 0 N–H and O–H groups in total. The molecule has 0 fully saturated rings. The van der Waals surface area contributed by atoms with Gasteiger partial charge in [-0.05, 0) is 0 Å². The molecule has 51 valence electrons. The van der Waals surface area contributed by atoms with Gasteiger partial charge in [-0.15, -0.1) is 0 Å². The summed E-state index contributed by atoms with van der Waals surface area (Å²) in [7, 11) is 0. The zero-order valence-electron chi connectivity index (χ0n) is 2.65. The molecule has 0 rings (SSSR count). The first-order chi connectivity index (χ1) is 2.45. The Labute approximate surface area is 84.7 Å². The van der Waals surface area contributed by atoms with Crippen molar-refractivity contribution in [2.45, 2.75) is 0 Å². The zero-order valence-corrected chi connectivity index (χ0v) is 3.83. The van der Waals surface area contributed by atoms with Crippen molar-refractivity contribution >= 4 is 51.4 Å². The Morgan fingerprint density at radius 2 is 0.625 bits per heavy atom. The van der Waals surface area contributed by atoms with Crippen LogP contribution in [0.15, 0.2) is 0 Å². The third-order valence-corrected chi connectivity index (χ3v) is 0. The van der Waals surface area contributed by atoms with Crippen molar-refractivity contribution in [2.75, 3.05) is 0 Å². The van der Waals surface area contributed by atoms with Crippen molar-refractivity contribution in [3.05, 3.63) is 0 Å². The SMILES string of the molecule is [F][Mn]([F])([F])([F])([F])[F].[KH]. The second-order valence-corrected chi connectivity index (χ2v) is 3.34. The second kappa shape index (κ2) is 1.87. The Morgan fingerprint density at radius 3 is 0.625 bits per heavy atom. The van der Waals surface area contributed by atoms with E-state index < -0.39 is 13.5 Å². The molecule has 0 amide bonds. The minimum atomic E-state index is -10.9. The van der Waals surface area contributed by atoms with E-state index in [4.69, 9.17) is 0 Å². The number of hydrogen-bond donors (Lipinski definition) is 0. The van der Waals surface area contributed by atoms with E-state index in [9.17, 15) is 21.3 Å². The van der Waals surface area contributed by atoms with Gasteiger partial charge in [-0.25, -0.2) is 0 Å². The van der Waals surface area contributed by atoms with E-state index in [0.717, 1.165) is 0 Å². The van der Waals surface area contributed by atoms with Crippen LogP contribution in [-0.4, -0.2) is 51.4 Å². The first-order valence-corrected chi connectivity index (χ1v) is 3.53. The fourth-order valence-corrected chi connectivity index (χ4v) is 0. The molecule has 0 atom stereocenters. The maximum absolute atomic E-state index is 10.9. The van der Waals surface area contributed by atoms with Gasteiger partial charge in [0.1, 0.15) is 0 Å². The summed E-state index contributed by atoms with van der Waals surface area (Å²) < 4.78 is 59.3. The third-order valence-electron chi connectivity index (χ3n) is 0. The van der Waals surface area contributed by atoms with Crippen LogP contribution < -0.4 is 0 Å². The number of rotatable bonds is 0. The van der Waals surface area contributed by atoms with Crippen molar-refractivity contribution in [3.8, 4) is 0 Å². The van der Waals surface area contributed by atoms with Crippen LogP contribution in [-0.2, 0) is 13.5 Å². The summed E-state index contributed by atoms with van der Waals surface area (Å²) in [6.07, 6.45) is 0. The van der Waals surface area contributed by atoms with Crippen molar-refractivity contribution in [3.63, 3.8) is 0 Å². The molecule has 8 heteroatoms. The molecule has 0 aliphatic carbocycles. The van der Waals surface area contributed by atoms with Crippen LogP contribution in [0, 0.1) is 0 Å². The van der Waals surface area contributed by atoms with E-state index in [1.807, 2.05) is 0 Å². The van der Waals surface area contributed by atoms with Crippen LogP contribution in [0.3, 0.4) is 0 Å². The zero-order chi connectivity index (χ0) is 6.41. The summed E-state index contributed by atoms with van der Waals surface area (Å²) in [5.41, 5.74) is 0. The van der Waals surface area contributed by atoms with Gasteiger partial charge in [0.05, 0.1) is 0 Å². The van der Waals surface area contributed by atoms with Crippen molar-refractivity contribution in [2.24, 2.45) is 0 Å². The van der Waals surface area contributed by atoms with E-state index in [1.165, 1.54) is 0 Å². The second-order valence-electron chi connectivity index (χ2n) is 0.810. The standard InChI is InChI=1S/6FH.K.Mn.H/h6*1H;;;/q;;;;;;;+6;/p-6. The molecule has 0 nitrogen and oxygen atoms in total. The predicted octanol–water partition coefficient (Wildman–Crippen LogP) is 1.87. The van der Waals surface area contributed by atoms with Gasteiger partial charge in [-0.1, -0.05) is 0 Å². The Hall–Kier alpha value is 1.74. The van der Waals surface area contributed by atoms with Crippen LogP contribution in [0.5, 0.6) is 0 Å². The molecule has 0 heterocycles. The van der Waals surface area contributed by atoms with Crippen LogP contribution in [0.1, 0.15) is 0 Å². The first kappa shape index (κ1) is 12.4. The summed E-state index contributed by atoms with van der Waals surface area (Å²) in [5, 5.41) is 0. The summed E-state index contributed by atoms with van der Waals surface area (Å²) in [5.74, 6) is 0. The fraction of sp³-hybridized carbons (Fsp3) is 0. The van der Waals surface area contributed by atoms with Crippen molar-refractivity contribution in [1.82, 2.24) is 0 Å².